The zero-order valence-electron chi connectivity index (χ0n) is 14.8. The average Bonchev–Trinajstić information content (AvgIpc) is 3.24. The molecule has 0 saturated heterocycles. The molecule has 3 nitrogen and oxygen atoms in total. The van der Waals surface area contributed by atoms with Crippen LogP contribution in [0.1, 0.15) is 34.1 Å². The molecule has 2 aromatic heterocycles. The van der Waals surface area contributed by atoms with Crippen LogP contribution in [0.3, 0.4) is 0 Å². The van der Waals surface area contributed by atoms with Gasteiger partial charge in [-0.1, -0.05) is 60.7 Å². The average molecular weight is 357 g/mol. The Morgan fingerprint density at radius 1 is 0.815 bits per heavy atom. The van der Waals surface area contributed by atoms with E-state index in [1.807, 2.05) is 48.5 Å². The van der Waals surface area contributed by atoms with Crippen LogP contribution in [0.15, 0.2) is 85.3 Å². The number of hydrogen-bond donors (Lipinski definition) is 1. The summed E-state index contributed by atoms with van der Waals surface area (Å²) in [5.41, 5.74) is 3.56. The van der Waals surface area contributed by atoms with Gasteiger partial charge in [0.15, 0.2) is 0 Å². The van der Waals surface area contributed by atoms with E-state index in [1.54, 1.807) is 18.6 Å². The molecule has 0 fully saturated rings. The van der Waals surface area contributed by atoms with E-state index in [2.05, 4.69) is 27.1 Å². The Morgan fingerprint density at radius 2 is 1.56 bits per heavy atom. The summed E-state index contributed by atoms with van der Waals surface area (Å²) in [6.07, 6.45) is 6.49. The Kier molecular flexibility index (Phi) is 5.06. The van der Waals surface area contributed by atoms with Gasteiger partial charge in [0.05, 0.1) is 5.92 Å². The van der Waals surface area contributed by atoms with E-state index in [9.17, 15) is 0 Å². The van der Waals surface area contributed by atoms with Gasteiger partial charge in [0.1, 0.15) is 11.6 Å². The summed E-state index contributed by atoms with van der Waals surface area (Å²) in [5, 5.41) is 0. The van der Waals surface area contributed by atoms with Crippen molar-refractivity contribution in [3.63, 3.8) is 0 Å². The predicted octanol–water partition coefficient (Wildman–Crippen LogP) is 4.91. The van der Waals surface area contributed by atoms with Crippen molar-refractivity contribution < 1.29 is 4.39 Å². The molecule has 2 aromatic carbocycles. The standard InChI is InChI=1S/C23H20FN3/c24-19-13-14-25-20(12-11-17-7-3-1-4-8-17)22(19)21(23-26-15-16-27-23)18-9-5-2-6-10-18/h1-10,13-16,21H,11-12H2,(H,26,27). The molecule has 134 valence electrons. The van der Waals surface area contributed by atoms with Gasteiger partial charge >= 0.3 is 0 Å². The van der Waals surface area contributed by atoms with Crippen molar-refractivity contribution in [2.45, 2.75) is 18.8 Å². The Bertz CT molecular complexity index is 983. The van der Waals surface area contributed by atoms with Crippen LogP contribution in [0.5, 0.6) is 0 Å². The topological polar surface area (TPSA) is 41.6 Å². The fraction of sp³-hybridized carbons (Fsp3) is 0.130. The number of halogens is 1. The maximum Gasteiger partial charge on any atom is 0.130 e. The van der Waals surface area contributed by atoms with Crippen LogP contribution in [0.25, 0.3) is 0 Å². The summed E-state index contributed by atoms with van der Waals surface area (Å²) in [5.74, 6) is 0.146. The van der Waals surface area contributed by atoms with Crippen molar-refractivity contribution in [2.75, 3.05) is 0 Å². The van der Waals surface area contributed by atoms with Crippen molar-refractivity contribution in [2.24, 2.45) is 0 Å². The Hall–Kier alpha value is -3.27. The van der Waals surface area contributed by atoms with Crippen molar-refractivity contribution in [1.29, 1.82) is 0 Å². The summed E-state index contributed by atoms with van der Waals surface area (Å²) < 4.78 is 15.0. The molecule has 0 aliphatic rings. The molecule has 0 bridgehead atoms. The largest absolute Gasteiger partial charge is 0.348 e. The van der Waals surface area contributed by atoms with E-state index in [4.69, 9.17) is 0 Å². The fourth-order valence-electron chi connectivity index (χ4n) is 3.44. The maximum atomic E-state index is 15.0. The van der Waals surface area contributed by atoms with E-state index in [0.29, 0.717) is 17.8 Å². The second-order valence-electron chi connectivity index (χ2n) is 6.46. The normalized spacial score (nSPS) is 12.0. The first kappa shape index (κ1) is 17.2. The second kappa shape index (κ2) is 7.96. The molecule has 0 saturated carbocycles. The van der Waals surface area contributed by atoms with Crippen LogP contribution in [0.4, 0.5) is 4.39 Å². The zero-order chi connectivity index (χ0) is 18.5. The molecule has 0 amide bonds. The number of nitrogens with one attached hydrogen (secondary N) is 1. The van der Waals surface area contributed by atoms with Crippen LogP contribution < -0.4 is 0 Å². The van der Waals surface area contributed by atoms with Gasteiger partial charge in [-0.3, -0.25) is 4.98 Å². The smallest absolute Gasteiger partial charge is 0.130 e. The number of rotatable bonds is 6. The highest BCUT2D eigenvalue weighted by Crippen LogP contribution is 2.33. The van der Waals surface area contributed by atoms with Crippen LogP contribution in [-0.4, -0.2) is 15.0 Å². The van der Waals surface area contributed by atoms with Crippen molar-refractivity contribution in [1.82, 2.24) is 15.0 Å². The van der Waals surface area contributed by atoms with Crippen molar-refractivity contribution in [3.05, 3.63) is 119 Å². The molecule has 1 unspecified atom stereocenters. The van der Waals surface area contributed by atoms with E-state index >= 15 is 4.39 Å². The summed E-state index contributed by atoms with van der Waals surface area (Å²) in [4.78, 5) is 12.1. The molecule has 0 aliphatic carbocycles. The number of benzene rings is 2. The summed E-state index contributed by atoms with van der Waals surface area (Å²) in [7, 11) is 0. The van der Waals surface area contributed by atoms with Crippen molar-refractivity contribution in [3.8, 4) is 0 Å². The van der Waals surface area contributed by atoms with Gasteiger partial charge in [-0.25, -0.2) is 9.37 Å². The van der Waals surface area contributed by atoms with E-state index < -0.39 is 0 Å². The predicted molar refractivity (Wildman–Crippen MR) is 104 cm³/mol. The summed E-state index contributed by atoms with van der Waals surface area (Å²) in [6, 6.07) is 21.5. The second-order valence-corrected chi connectivity index (χ2v) is 6.46. The highest BCUT2D eigenvalue weighted by Gasteiger charge is 2.25. The molecule has 4 aromatic rings. The molecule has 2 heterocycles. The molecule has 0 spiro atoms. The lowest BCUT2D eigenvalue weighted by Crippen LogP contribution is -2.13. The lowest BCUT2D eigenvalue weighted by Gasteiger charge is -2.19. The minimum Gasteiger partial charge on any atom is -0.348 e. The van der Waals surface area contributed by atoms with Gasteiger partial charge in [0, 0.05) is 29.8 Å². The third kappa shape index (κ3) is 3.80. The molecule has 4 heteroatoms. The van der Waals surface area contributed by atoms with Crippen LogP contribution in [0.2, 0.25) is 0 Å². The Morgan fingerprint density at radius 3 is 2.26 bits per heavy atom. The monoisotopic (exact) mass is 357 g/mol. The van der Waals surface area contributed by atoms with Gasteiger partial charge in [-0.05, 0) is 30.0 Å². The lowest BCUT2D eigenvalue weighted by atomic mass is 9.87. The van der Waals surface area contributed by atoms with Gasteiger partial charge < -0.3 is 4.98 Å². The van der Waals surface area contributed by atoms with Crippen molar-refractivity contribution >= 4 is 0 Å². The van der Waals surface area contributed by atoms with Gasteiger partial charge in [-0.2, -0.15) is 0 Å². The fourth-order valence-corrected chi connectivity index (χ4v) is 3.44. The Labute approximate surface area is 158 Å². The van der Waals surface area contributed by atoms with Gasteiger partial charge in [-0.15, -0.1) is 0 Å². The van der Waals surface area contributed by atoms with Crippen LogP contribution in [0, 0.1) is 5.82 Å². The first-order chi connectivity index (χ1) is 13.3. The SMILES string of the molecule is Fc1ccnc(CCc2ccccc2)c1C(c1ccccc1)c1ncc[nH]1. The number of aromatic nitrogens is 3. The number of aromatic amines is 1. The first-order valence-electron chi connectivity index (χ1n) is 9.04. The molecule has 4 rings (SSSR count). The molecule has 27 heavy (non-hydrogen) atoms. The summed E-state index contributed by atoms with van der Waals surface area (Å²) in [6.45, 7) is 0. The number of imidazole rings is 1. The molecular formula is C23H20FN3. The number of pyridine rings is 1. The van der Waals surface area contributed by atoms with Crippen LogP contribution in [-0.2, 0) is 12.8 Å². The van der Waals surface area contributed by atoms with E-state index in [0.717, 1.165) is 17.7 Å². The number of hydrogen-bond acceptors (Lipinski definition) is 2. The molecule has 0 radical (unpaired) electrons. The number of nitrogens with zero attached hydrogens (tertiary/aromatic N) is 2. The van der Waals surface area contributed by atoms with Gasteiger partial charge in [0.25, 0.3) is 0 Å². The zero-order valence-corrected chi connectivity index (χ0v) is 14.8. The van der Waals surface area contributed by atoms with E-state index in [-0.39, 0.29) is 11.7 Å². The molecule has 1 N–H and O–H groups in total. The number of H-pyrrole nitrogens is 1. The van der Waals surface area contributed by atoms with Gasteiger partial charge in [0.2, 0.25) is 0 Å². The minimum atomic E-state index is -0.319. The highest BCUT2D eigenvalue weighted by atomic mass is 19.1. The highest BCUT2D eigenvalue weighted by molar-refractivity contribution is 5.41. The summed E-state index contributed by atoms with van der Waals surface area (Å²) >= 11 is 0. The quantitative estimate of drug-likeness (QED) is 0.533. The van der Waals surface area contributed by atoms with Crippen LogP contribution >= 0.6 is 0 Å². The minimum absolute atomic E-state index is 0.252. The number of aryl methyl sites for hydroxylation is 2. The third-order valence-electron chi connectivity index (χ3n) is 4.73. The molecule has 0 aliphatic heterocycles. The van der Waals surface area contributed by atoms with E-state index in [1.165, 1.54) is 11.6 Å². The Balaban J connectivity index is 1.76. The first-order valence-corrected chi connectivity index (χ1v) is 9.04. The lowest BCUT2D eigenvalue weighted by molar-refractivity contribution is 0.593. The molecule has 1 atom stereocenters. The molecular weight excluding hydrogens is 337 g/mol. The third-order valence-corrected chi connectivity index (χ3v) is 4.73. The maximum absolute atomic E-state index is 15.0.